The van der Waals surface area contributed by atoms with Crippen molar-refractivity contribution in [2.24, 2.45) is 5.92 Å². The lowest BCUT2D eigenvalue weighted by molar-refractivity contribution is -0.140. The first-order valence-corrected chi connectivity index (χ1v) is 16.7. The van der Waals surface area contributed by atoms with Gasteiger partial charge in [-0.3, -0.25) is 13.9 Å². The highest BCUT2D eigenvalue weighted by Gasteiger charge is 2.35. The van der Waals surface area contributed by atoms with E-state index in [0.29, 0.717) is 12.2 Å². The van der Waals surface area contributed by atoms with Gasteiger partial charge in [0.15, 0.2) is 0 Å². The minimum Gasteiger partial charge on any atom is -0.354 e. The van der Waals surface area contributed by atoms with Gasteiger partial charge in [-0.15, -0.1) is 0 Å². The number of carbonyl (C=O) groups excluding carboxylic acids is 2. The van der Waals surface area contributed by atoms with Crippen LogP contribution in [0.3, 0.4) is 0 Å². The number of sulfonamides is 1. The zero-order valence-corrected chi connectivity index (χ0v) is 27.6. The zero-order chi connectivity index (χ0) is 32.6. The first kappa shape index (κ1) is 33.5. The lowest BCUT2D eigenvalue weighted by Crippen LogP contribution is -2.53. The van der Waals surface area contributed by atoms with Crippen molar-refractivity contribution in [2.75, 3.05) is 17.4 Å². The number of hydrogen-bond donors (Lipinski definition) is 1. The van der Waals surface area contributed by atoms with E-state index in [2.05, 4.69) is 5.32 Å². The number of rotatable bonds is 13. The highest BCUT2D eigenvalue weighted by molar-refractivity contribution is 7.92. The zero-order valence-electron chi connectivity index (χ0n) is 26.7. The van der Waals surface area contributed by atoms with Crippen LogP contribution in [0.2, 0.25) is 0 Å². The van der Waals surface area contributed by atoms with Crippen LogP contribution in [-0.4, -0.2) is 44.3 Å². The Morgan fingerprint density at radius 2 is 1.38 bits per heavy atom. The van der Waals surface area contributed by atoms with Gasteiger partial charge in [-0.25, -0.2) is 8.42 Å². The average Bonchev–Trinajstić information content (AvgIpc) is 3.03. The van der Waals surface area contributed by atoms with Crippen LogP contribution < -0.4 is 9.62 Å². The monoisotopic (exact) mass is 625 g/mol. The van der Waals surface area contributed by atoms with Crippen LogP contribution >= 0.6 is 0 Å². The van der Waals surface area contributed by atoms with Crippen LogP contribution in [0.1, 0.15) is 41.7 Å². The molecule has 4 rings (SSSR count). The normalized spacial score (nSPS) is 12.0. The summed E-state index contributed by atoms with van der Waals surface area (Å²) < 4.78 is 29.5. The summed E-state index contributed by atoms with van der Waals surface area (Å²) in [4.78, 5) is 30.1. The second-order valence-corrected chi connectivity index (χ2v) is 13.7. The molecule has 0 heterocycles. The molecule has 8 heteroatoms. The molecule has 0 aliphatic rings. The maximum absolute atomic E-state index is 14.6. The summed E-state index contributed by atoms with van der Waals surface area (Å²) in [5.41, 5.74) is 5.04. The van der Waals surface area contributed by atoms with Gasteiger partial charge in [0.2, 0.25) is 11.8 Å². The Morgan fingerprint density at radius 1 is 0.756 bits per heavy atom. The third kappa shape index (κ3) is 8.60. The second kappa shape index (κ2) is 15.0. The van der Waals surface area contributed by atoms with Gasteiger partial charge < -0.3 is 10.2 Å². The average molecular weight is 626 g/mol. The number of nitrogens with zero attached hydrogens (tertiary/aromatic N) is 2. The Kier molecular flexibility index (Phi) is 11.2. The third-order valence-corrected chi connectivity index (χ3v) is 9.73. The summed E-state index contributed by atoms with van der Waals surface area (Å²) >= 11 is 0. The number of aryl methyl sites for hydroxylation is 3. The van der Waals surface area contributed by atoms with E-state index >= 15 is 0 Å². The van der Waals surface area contributed by atoms with Crippen molar-refractivity contribution in [3.8, 4) is 0 Å². The highest BCUT2D eigenvalue weighted by Crippen LogP contribution is 2.27. The van der Waals surface area contributed by atoms with Crippen molar-refractivity contribution in [3.63, 3.8) is 0 Å². The molecule has 7 nitrogen and oxygen atoms in total. The summed E-state index contributed by atoms with van der Waals surface area (Å²) in [7, 11) is -4.13. The molecule has 0 aliphatic heterocycles. The molecule has 0 fully saturated rings. The van der Waals surface area contributed by atoms with Crippen LogP contribution in [0.4, 0.5) is 5.69 Å². The molecule has 0 bridgehead atoms. The Bertz CT molecular complexity index is 1710. The van der Waals surface area contributed by atoms with Crippen LogP contribution in [-0.2, 0) is 32.6 Å². The van der Waals surface area contributed by atoms with Crippen LogP contribution in [0.25, 0.3) is 0 Å². The first-order chi connectivity index (χ1) is 21.5. The van der Waals surface area contributed by atoms with Gasteiger partial charge >= 0.3 is 0 Å². The van der Waals surface area contributed by atoms with Gasteiger partial charge in [0.25, 0.3) is 10.0 Å². The molecule has 0 aliphatic carbocycles. The van der Waals surface area contributed by atoms with E-state index in [1.54, 1.807) is 35.2 Å². The van der Waals surface area contributed by atoms with E-state index in [0.717, 1.165) is 32.1 Å². The predicted molar refractivity (Wildman–Crippen MR) is 180 cm³/mol. The SMILES string of the molecule is Cc1ccc(N(CC(=O)N(Cc2ccccc2C)C(Cc2ccccc2)C(=O)NCC(C)C)S(=O)(=O)c2ccccc2)cc1C. The molecule has 0 saturated carbocycles. The van der Waals surface area contributed by atoms with Crippen molar-refractivity contribution in [1.29, 1.82) is 0 Å². The lowest BCUT2D eigenvalue weighted by Gasteiger charge is -2.34. The van der Waals surface area contributed by atoms with Crippen molar-refractivity contribution >= 4 is 27.5 Å². The Balaban J connectivity index is 1.82. The predicted octanol–water partition coefficient (Wildman–Crippen LogP) is 6.22. The fourth-order valence-corrected chi connectivity index (χ4v) is 6.50. The summed E-state index contributed by atoms with van der Waals surface area (Å²) in [5.74, 6) is -0.544. The highest BCUT2D eigenvalue weighted by atomic mass is 32.2. The second-order valence-electron chi connectivity index (χ2n) is 11.9. The number of hydrogen-bond acceptors (Lipinski definition) is 4. The van der Waals surface area contributed by atoms with Crippen LogP contribution in [0.15, 0.2) is 108 Å². The van der Waals surface area contributed by atoms with Gasteiger partial charge in [-0.2, -0.15) is 0 Å². The molecule has 2 amide bonds. The molecule has 4 aromatic rings. The molecule has 1 N–H and O–H groups in total. The number of carbonyl (C=O) groups is 2. The standard InChI is InChI=1S/C37H43N3O4S/c1-27(2)24-38-37(42)35(23-31-15-8-6-9-16-31)39(25-32-17-13-12-14-29(32)4)36(41)26-40(33-21-20-28(3)30(5)22-33)45(43,44)34-18-10-7-11-19-34/h6-22,27,35H,23-26H2,1-5H3,(H,38,42). The maximum Gasteiger partial charge on any atom is 0.264 e. The van der Waals surface area contributed by atoms with E-state index in [1.807, 2.05) is 95.3 Å². The fraction of sp³-hybridized carbons (Fsp3) is 0.297. The summed E-state index contributed by atoms with van der Waals surface area (Å²) in [5, 5.41) is 3.03. The van der Waals surface area contributed by atoms with Crippen molar-refractivity contribution in [2.45, 2.75) is 58.5 Å². The number of nitrogens with one attached hydrogen (secondary N) is 1. The van der Waals surface area contributed by atoms with E-state index < -0.39 is 28.5 Å². The molecule has 45 heavy (non-hydrogen) atoms. The van der Waals surface area contributed by atoms with Crippen LogP contribution in [0, 0.1) is 26.7 Å². The van der Waals surface area contributed by atoms with Gasteiger partial charge in [-0.1, -0.05) is 92.7 Å². The number of amides is 2. The van der Waals surface area contributed by atoms with Gasteiger partial charge in [-0.05, 0) is 78.8 Å². The van der Waals surface area contributed by atoms with E-state index in [9.17, 15) is 18.0 Å². The third-order valence-electron chi connectivity index (χ3n) is 7.95. The largest absolute Gasteiger partial charge is 0.354 e. The van der Waals surface area contributed by atoms with Crippen molar-refractivity contribution in [3.05, 3.63) is 131 Å². The molecular formula is C37H43N3O4S. The number of anilines is 1. The van der Waals surface area contributed by atoms with Gasteiger partial charge in [0, 0.05) is 19.5 Å². The Labute approximate surface area is 268 Å². The molecular weight excluding hydrogens is 582 g/mol. The summed E-state index contributed by atoms with van der Waals surface area (Å²) in [6.07, 6.45) is 0.275. The molecule has 236 valence electrons. The summed E-state index contributed by atoms with van der Waals surface area (Å²) in [6.45, 7) is 9.97. The van der Waals surface area contributed by atoms with E-state index in [1.165, 1.54) is 12.1 Å². The lowest BCUT2D eigenvalue weighted by atomic mass is 10.0. The quantitative estimate of drug-likeness (QED) is 0.191. The Hall–Kier alpha value is -4.43. The smallest absolute Gasteiger partial charge is 0.264 e. The van der Waals surface area contributed by atoms with Crippen molar-refractivity contribution < 1.29 is 18.0 Å². The molecule has 0 aromatic heterocycles. The van der Waals surface area contributed by atoms with E-state index in [4.69, 9.17) is 0 Å². The number of benzene rings is 4. The molecule has 0 saturated heterocycles. The Morgan fingerprint density at radius 3 is 2.00 bits per heavy atom. The fourth-order valence-electron chi connectivity index (χ4n) is 5.08. The minimum absolute atomic E-state index is 0.0805. The van der Waals surface area contributed by atoms with Crippen LogP contribution in [0.5, 0.6) is 0 Å². The first-order valence-electron chi connectivity index (χ1n) is 15.3. The van der Waals surface area contributed by atoms with E-state index in [-0.39, 0.29) is 29.7 Å². The summed E-state index contributed by atoms with van der Waals surface area (Å²) in [6, 6.07) is 29.9. The van der Waals surface area contributed by atoms with Gasteiger partial charge in [0.05, 0.1) is 10.6 Å². The minimum atomic E-state index is -4.13. The van der Waals surface area contributed by atoms with Crippen molar-refractivity contribution in [1.82, 2.24) is 10.2 Å². The molecule has 4 aromatic carbocycles. The maximum atomic E-state index is 14.6. The molecule has 0 radical (unpaired) electrons. The molecule has 0 spiro atoms. The van der Waals surface area contributed by atoms with Gasteiger partial charge in [0.1, 0.15) is 12.6 Å². The topological polar surface area (TPSA) is 86.8 Å². The molecule has 1 atom stereocenters. The molecule has 1 unspecified atom stereocenters.